The summed E-state index contributed by atoms with van der Waals surface area (Å²) in [6, 6.07) is -12.5. The number of carbonyl (C=O) groups excluding carboxylic acids is 8. The standard InChI is InChI=1S/C39H66N10O16/c1-5-18(2)29(38(63)49-16-8-10-25(49)36(61)48-31(20(4)51)39(64)65)46-34(59)23(12-14-27(53)54)44-37(62)30(19(3)50)47-33(58)22(9-6-7-15-40)43-35(60)24(17-28(55)56)45-32(57)21(41)11-13-26(42)52/h18-25,29-31,50-51H,5-17,40-41H2,1-4H3,(H2,42,52)(H,43,60)(H,44,62)(H,45,57)(H,46,59)(H,47,58)(H,48,61)(H,53,54)(H,55,56)(H,64,65)/t18-,19+,20+,21-,22-,23-,24-,25-,29-,30-,31-/m0/s1. The molecule has 0 aromatic carbocycles. The Kier molecular flexibility index (Phi) is 24.6. The second kappa shape index (κ2) is 28.0. The monoisotopic (exact) mass is 930 g/mol. The maximum atomic E-state index is 14.0. The number of nitrogens with one attached hydrogen (secondary N) is 6. The van der Waals surface area contributed by atoms with E-state index in [9.17, 15) is 78.3 Å². The molecule has 26 nitrogen and oxygen atoms in total. The highest BCUT2D eigenvalue weighted by Crippen LogP contribution is 2.22. The van der Waals surface area contributed by atoms with Crippen molar-refractivity contribution in [3.63, 3.8) is 0 Å². The number of nitrogens with zero attached hydrogens (tertiary/aromatic N) is 1. The number of primary amides is 1. The first kappa shape index (κ1) is 57.0. The first-order valence-corrected chi connectivity index (χ1v) is 21.3. The molecule has 1 aliphatic heterocycles. The van der Waals surface area contributed by atoms with Crippen LogP contribution in [0.15, 0.2) is 0 Å². The van der Waals surface area contributed by atoms with Crippen LogP contribution in [-0.2, 0) is 52.7 Å². The van der Waals surface area contributed by atoms with Crippen LogP contribution in [0.2, 0.25) is 0 Å². The Labute approximate surface area is 374 Å². The molecule has 1 heterocycles. The van der Waals surface area contributed by atoms with Crippen LogP contribution in [0.25, 0.3) is 0 Å². The number of amides is 8. The molecule has 8 amide bonds. The van der Waals surface area contributed by atoms with Gasteiger partial charge in [-0.2, -0.15) is 0 Å². The van der Waals surface area contributed by atoms with Crippen molar-refractivity contribution in [1.29, 1.82) is 0 Å². The van der Waals surface area contributed by atoms with E-state index in [1.807, 2.05) is 0 Å². The maximum absolute atomic E-state index is 14.0. The molecule has 1 rings (SSSR count). The average molecular weight is 931 g/mol. The predicted molar refractivity (Wildman–Crippen MR) is 225 cm³/mol. The van der Waals surface area contributed by atoms with E-state index in [-0.39, 0.29) is 45.2 Å². The third kappa shape index (κ3) is 19.3. The first-order valence-electron chi connectivity index (χ1n) is 21.3. The van der Waals surface area contributed by atoms with Gasteiger partial charge in [0.2, 0.25) is 47.3 Å². The normalized spacial score (nSPS) is 18.1. The number of hydrogen-bond donors (Lipinski definition) is 14. The summed E-state index contributed by atoms with van der Waals surface area (Å²) in [5.41, 5.74) is 16.4. The van der Waals surface area contributed by atoms with E-state index in [0.29, 0.717) is 19.3 Å². The fraction of sp³-hybridized carbons (Fsp3) is 0.718. The lowest BCUT2D eigenvalue weighted by atomic mass is 9.96. The van der Waals surface area contributed by atoms with Gasteiger partial charge in [-0.1, -0.05) is 20.3 Å². The minimum atomic E-state index is -1.87. The Morgan fingerprint density at radius 2 is 1.18 bits per heavy atom. The van der Waals surface area contributed by atoms with Crippen molar-refractivity contribution in [2.24, 2.45) is 23.1 Å². The molecule has 1 fully saturated rings. The predicted octanol–water partition coefficient (Wildman–Crippen LogP) is -5.16. The van der Waals surface area contributed by atoms with Crippen LogP contribution in [0, 0.1) is 5.92 Å². The number of carbonyl (C=O) groups is 11. The number of aliphatic hydroxyl groups is 2. The number of hydrogen-bond acceptors (Lipinski definition) is 15. The molecule has 26 heteroatoms. The fourth-order valence-electron chi connectivity index (χ4n) is 6.64. The number of likely N-dealkylation sites (tertiary alicyclic amines) is 1. The summed E-state index contributed by atoms with van der Waals surface area (Å²) in [5, 5.41) is 62.7. The van der Waals surface area contributed by atoms with Crippen molar-refractivity contribution >= 4 is 65.2 Å². The molecule has 65 heavy (non-hydrogen) atoms. The van der Waals surface area contributed by atoms with Gasteiger partial charge in [0.05, 0.1) is 24.7 Å². The molecule has 0 aromatic rings. The molecular weight excluding hydrogens is 864 g/mol. The van der Waals surface area contributed by atoms with E-state index in [1.54, 1.807) is 13.8 Å². The third-order valence-electron chi connectivity index (χ3n) is 10.6. The number of unbranched alkanes of at least 4 members (excludes halogenated alkanes) is 1. The highest BCUT2D eigenvalue weighted by atomic mass is 16.4. The number of carboxylic acid groups (broad SMARTS) is 3. The Hall–Kier alpha value is -5.99. The molecule has 0 spiro atoms. The van der Waals surface area contributed by atoms with Gasteiger partial charge in [0.1, 0.15) is 36.3 Å². The number of aliphatic carboxylic acids is 3. The van der Waals surface area contributed by atoms with E-state index in [2.05, 4.69) is 31.9 Å². The summed E-state index contributed by atoms with van der Waals surface area (Å²) in [6.07, 6.45) is -4.77. The van der Waals surface area contributed by atoms with Crippen LogP contribution >= 0.6 is 0 Å². The fourth-order valence-corrected chi connectivity index (χ4v) is 6.64. The molecule has 0 aromatic heterocycles. The SMILES string of the molecule is CC[C@H](C)[C@H](NC(=O)[C@H](CCC(=O)O)NC(=O)[C@@H](NC(=O)[C@H](CCCCN)NC(=O)[C@H](CC(=O)O)NC(=O)[C@@H](N)CCC(N)=O)[C@@H](C)O)C(=O)N1CCC[C@H]1C(=O)N[C@H](C(=O)O)[C@@H](C)O. The second-order valence-electron chi connectivity index (χ2n) is 16.0. The minimum Gasteiger partial charge on any atom is -0.481 e. The third-order valence-corrected chi connectivity index (χ3v) is 10.6. The minimum absolute atomic E-state index is 0.0379. The van der Waals surface area contributed by atoms with Gasteiger partial charge >= 0.3 is 17.9 Å². The molecule has 11 atom stereocenters. The van der Waals surface area contributed by atoms with Crippen molar-refractivity contribution in [2.45, 2.75) is 159 Å². The van der Waals surface area contributed by atoms with Crippen LogP contribution in [0.5, 0.6) is 0 Å². The quantitative estimate of drug-likeness (QED) is 0.0300. The molecule has 17 N–H and O–H groups in total. The lowest BCUT2D eigenvalue weighted by molar-refractivity contribution is -0.147. The number of aliphatic hydroxyl groups excluding tert-OH is 2. The largest absolute Gasteiger partial charge is 0.481 e. The molecule has 0 bridgehead atoms. The Morgan fingerprint density at radius 1 is 0.646 bits per heavy atom. The first-order chi connectivity index (χ1) is 30.4. The zero-order chi connectivity index (χ0) is 49.7. The molecule has 0 aliphatic carbocycles. The highest BCUT2D eigenvalue weighted by molar-refractivity contribution is 5.98. The Morgan fingerprint density at radius 3 is 1.69 bits per heavy atom. The summed E-state index contributed by atoms with van der Waals surface area (Å²) in [5.74, 6) is -12.9. The van der Waals surface area contributed by atoms with Gasteiger partial charge < -0.3 is 79.5 Å². The van der Waals surface area contributed by atoms with Crippen molar-refractivity contribution in [3.8, 4) is 0 Å². The molecule has 0 unspecified atom stereocenters. The van der Waals surface area contributed by atoms with Gasteiger partial charge in [-0.15, -0.1) is 0 Å². The molecular formula is C39H66N10O16. The molecule has 1 aliphatic rings. The molecule has 368 valence electrons. The molecule has 0 saturated carbocycles. The van der Waals surface area contributed by atoms with Crippen LogP contribution in [0.3, 0.4) is 0 Å². The van der Waals surface area contributed by atoms with Gasteiger partial charge in [-0.3, -0.25) is 47.9 Å². The topological polar surface area (TPSA) is 442 Å². The van der Waals surface area contributed by atoms with Crippen molar-refractivity contribution in [1.82, 2.24) is 36.8 Å². The van der Waals surface area contributed by atoms with Gasteiger partial charge in [-0.05, 0) is 71.3 Å². The summed E-state index contributed by atoms with van der Waals surface area (Å²) >= 11 is 0. The summed E-state index contributed by atoms with van der Waals surface area (Å²) in [4.78, 5) is 142. The highest BCUT2D eigenvalue weighted by Gasteiger charge is 2.42. The number of rotatable bonds is 30. The van der Waals surface area contributed by atoms with E-state index in [4.69, 9.17) is 17.2 Å². The van der Waals surface area contributed by atoms with Gasteiger partial charge in [0.15, 0.2) is 6.04 Å². The average Bonchev–Trinajstić information content (AvgIpc) is 3.72. The van der Waals surface area contributed by atoms with Crippen LogP contribution in [0.4, 0.5) is 0 Å². The smallest absolute Gasteiger partial charge is 0.328 e. The van der Waals surface area contributed by atoms with E-state index < -0.39 is 151 Å². The zero-order valence-electron chi connectivity index (χ0n) is 36.9. The van der Waals surface area contributed by atoms with Gasteiger partial charge in [0, 0.05) is 19.4 Å². The molecule has 1 saturated heterocycles. The summed E-state index contributed by atoms with van der Waals surface area (Å²) in [7, 11) is 0. The Balaban J connectivity index is 3.39. The van der Waals surface area contributed by atoms with Gasteiger partial charge in [-0.25, -0.2) is 4.79 Å². The number of carboxylic acids is 3. The zero-order valence-corrected chi connectivity index (χ0v) is 36.9. The van der Waals surface area contributed by atoms with E-state index in [0.717, 1.165) is 18.7 Å². The van der Waals surface area contributed by atoms with E-state index in [1.165, 1.54) is 0 Å². The van der Waals surface area contributed by atoms with Crippen LogP contribution in [0.1, 0.15) is 98.3 Å². The van der Waals surface area contributed by atoms with Crippen LogP contribution in [-0.4, -0.2) is 169 Å². The molecule has 0 radical (unpaired) electrons. The van der Waals surface area contributed by atoms with E-state index >= 15 is 0 Å². The van der Waals surface area contributed by atoms with Crippen molar-refractivity contribution in [2.75, 3.05) is 13.1 Å². The van der Waals surface area contributed by atoms with Gasteiger partial charge in [0.25, 0.3) is 0 Å². The summed E-state index contributed by atoms with van der Waals surface area (Å²) < 4.78 is 0. The second-order valence-corrected chi connectivity index (χ2v) is 16.0. The summed E-state index contributed by atoms with van der Waals surface area (Å²) in [6.45, 7) is 5.76. The van der Waals surface area contributed by atoms with Crippen molar-refractivity contribution in [3.05, 3.63) is 0 Å². The number of nitrogens with two attached hydrogens (primary N) is 3. The van der Waals surface area contributed by atoms with Crippen molar-refractivity contribution < 1.29 is 78.3 Å². The maximum Gasteiger partial charge on any atom is 0.328 e. The lowest BCUT2D eigenvalue weighted by Gasteiger charge is -2.33. The lowest BCUT2D eigenvalue weighted by Crippen LogP contribution is -2.62. The Bertz CT molecular complexity index is 1710. The van der Waals surface area contributed by atoms with Crippen LogP contribution < -0.4 is 49.1 Å².